The molecule has 1 unspecified atom stereocenters. The van der Waals surface area contributed by atoms with Gasteiger partial charge in [0.2, 0.25) is 0 Å². The summed E-state index contributed by atoms with van der Waals surface area (Å²) >= 11 is 0. The second-order valence-electron chi connectivity index (χ2n) is 4.00. The molecule has 1 aromatic rings. The van der Waals surface area contributed by atoms with Gasteiger partial charge in [0.05, 0.1) is 6.04 Å². The van der Waals surface area contributed by atoms with Crippen molar-refractivity contribution >= 4 is 5.78 Å². The van der Waals surface area contributed by atoms with E-state index < -0.39 is 6.04 Å². The number of phenols is 1. The quantitative estimate of drug-likeness (QED) is 0.788. The van der Waals surface area contributed by atoms with Crippen LogP contribution in [-0.2, 0) is 11.2 Å². The van der Waals surface area contributed by atoms with Gasteiger partial charge in [-0.25, -0.2) is 0 Å². The number of phenolic OH excluding ortho intramolecular Hbond substituents is 1. The molecule has 15 heavy (non-hydrogen) atoms. The number of ketones is 1. The fourth-order valence-corrected chi connectivity index (χ4v) is 1.56. The predicted octanol–water partition coefficient (Wildman–Crippen LogP) is 1.47. The van der Waals surface area contributed by atoms with Crippen molar-refractivity contribution < 1.29 is 9.90 Å². The lowest BCUT2D eigenvalue weighted by Gasteiger charge is -2.11. The highest BCUT2D eigenvalue weighted by atomic mass is 16.3. The zero-order valence-electron chi connectivity index (χ0n) is 9.37. The Labute approximate surface area is 89.9 Å². The van der Waals surface area contributed by atoms with Gasteiger partial charge >= 0.3 is 0 Å². The lowest BCUT2D eigenvalue weighted by Crippen LogP contribution is -2.30. The molecule has 0 aliphatic rings. The largest absolute Gasteiger partial charge is 0.507 e. The molecule has 1 aromatic carbocycles. The third-order valence-corrected chi connectivity index (χ3v) is 2.53. The minimum atomic E-state index is -0.451. The maximum absolute atomic E-state index is 11.0. The molecule has 0 aliphatic carbocycles. The standard InChI is InChI=1S/C12H17NO2/c1-7-4-10(5-8(2)12(7)15)6-11(13)9(3)14/h4-5,11,15H,6,13H2,1-3H3. The Morgan fingerprint density at radius 2 is 1.87 bits per heavy atom. The molecular formula is C12H17NO2. The first kappa shape index (κ1) is 11.7. The molecule has 0 radical (unpaired) electrons. The van der Waals surface area contributed by atoms with Gasteiger partial charge in [0.15, 0.2) is 0 Å². The molecule has 0 aromatic heterocycles. The highest BCUT2D eigenvalue weighted by molar-refractivity contribution is 5.81. The van der Waals surface area contributed by atoms with Crippen molar-refractivity contribution in [2.75, 3.05) is 0 Å². The molecule has 0 saturated carbocycles. The monoisotopic (exact) mass is 207 g/mol. The number of Topliss-reactive ketones (excluding diaryl/α,β-unsaturated/α-hetero) is 1. The van der Waals surface area contributed by atoms with E-state index in [1.807, 2.05) is 26.0 Å². The van der Waals surface area contributed by atoms with Crippen LogP contribution in [0, 0.1) is 13.8 Å². The summed E-state index contributed by atoms with van der Waals surface area (Å²) in [5.41, 5.74) is 8.31. The van der Waals surface area contributed by atoms with Crippen LogP contribution < -0.4 is 5.73 Å². The summed E-state index contributed by atoms with van der Waals surface area (Å²) in [5.74, 6) is 0.300. The van der Waals surface area contributed by atoms with Gasteiger partial charge in [0, 0.05) is 0 Å². The Morgan fingerprint density at radius 3 is 2.27 bits per heavy atom. The smallest absolute Gasteiger partial charge is 0.146 e. The molecule has 3 N–H and O–H groups in total. The van der Waals surface area contributed by atoms with Crippen LogP contribution in [0.25, 0.3) is 0 Å². The summed E-state index contributed by atoms with van der Waals surface area (Å²) in [7, 11) is 0. The fourth-order valence-electron chi connectivity index (χ4n) is 1.56. The van der Waals surface area contributed by atoms with Crippen LogP contribution in [0.5, 0.6) is 5.75 Å². The van der Waals surface area contributed by atoms with E-state index in [1.54, 1.807) is 0 Å². The highest BCUT2D eigenvalue weighted by Crippen LogP contribution is 2.23. The lowest BCUT2D eigenvalue weighted by atomic mass is 9.99. The molecule has 82 valence electrons. The number of hydrogen-bond acceptors (Lipinski definition) is 3. The van der Waals surface area contributed by atoms with Gasteiger partial charge in [0.25, 0.3) is 0 Å². The number of carbonyl (C=O) groups is 1. The van der Waals surface area contributed by atoms with Crippen LogP contribution in [-0.4, -0.2) is 16.9 Å². The van der Waals surface area contributed by atoms with Gasteiger partial charge in [-0.05, 0) is 43.9 Å². The van der Waals surface area contributed by atoms with E-state index in [-0.39, 0.29) is 5.78 Å². The van der Waals surface area contributed by atoms with E-state index in [0.717, 1.165) is 16.7 Å². The Morgan fingerprint density at radius 1 is 1.40 bits per heavy atom. The number of carbonyl (C=O) groups excluding carboxylic acids is 1. The molecule has 1 rings (SSSR count). The first-order chi connectivity index (χ1) is 6.91. The highest BCUT2D eigenvalue weighted by Gasteiger charge is 2.10. The van der Waals surface area contributed by atoms with Crippen LogP contribution >= 0.6 is 0 Å². The van der Waals surface area contributed by atoms with Crippen LogP contribution in [0.1, 0.15) is 23.6 Å². The molecule has 0 bridgehead atoms. The SMILES string of the molecule is CC(=O)C(N)Cc1cc(C)c(O)c(C)c1. The van der Waals surface area contributed by atoms with Crippen molar-refractivity contribution in [3.8, 4) is 5.75 Å². The van der Waals surface area contributed by atoms with Crippen molar-refractivity contribution in [2.24, 2.45) is 5.73 Å². The van der Waals surface area contributed by atoms with Crippen LogP contribution in [0.4, 0.5) is 0 Å². The van der Waals surface area contributed by atoms with E-state index in [1.165, 1.54) is 6.92 Å². The first-order valence-electron chi connectivity index (χ1n) is 4.97. The summed E-state index contributed by atoms with van der Waals surface area (Å²) in [6.45, 7) is 5.17. The molecule has 0 heterocycles. The van der Waals surface area contributed by atoms with E-state index >= 15 is 0 Å². The Kier molecular flexibility index (Phi) is 3.48. The average Bonchev–Trinajstić information content (AvgIpc) is 2.13. The van der Waals surface area contributed by atoms with Gasteiger partial charge < -0.3 is 10.8 Å². The molecule has 3 heteroatoms. The van der Waals surface area contributed by atoms with Gasteiger partial charge in [-0.3, -0.25) is 4.79 Å². The number of aryl methyl sites for hydroxylation is 2. The van der Waals surface area contributed by atoms with E-state index in [2.05, 4.69) is 0 Å². The summed E-state index contributed by atoms with van der Waals surface area (Å²) in [6, 6.07) is 3.28. The molecule has 0 saturated heterocycles. The van der Waals surface area contributed by atoms with Gasteiger partial charge in [0.1, 0.15) is 11.5 Å². The normalized spacial score (nSPS) is 12.5. The van der Waals surface area contributed by atoms with Crippen molar-refractivity contribution in [1.29, 1.82) is 0 Å². The lowest BCUT2D eigenvalue weighted by molar-refractivity contribution is -0.118. The number of hydrogen-bond donors (Lipinski definition) is 2. The molecule has 0 fully saturated rings. The maximum Gasteiger partial charge on any atom is 0.146 e. The molecule has 0 amide bonds. The number of rotatable bonds is 3. The number of benzene rings is 1. The van der Waals surface area contributed by atoms with Crippen LogP contribution in [0.15, 0.2) is 12.1 Å². The molecule has 0 aliphatic heterocycles. The van der Waals surface area contributed by atoms with E-state index in [9.17, 15) is 9.90 Å². The zero-order chi connectivity index (χ0) is 11.6. The van der Waals surface area contributed by atoms with Crippen molar-refractivity contribution in [3.05, 3.63) is 28.8 Å². The third kappa shape index (κ3) is 2.80. The Bertz CT molecular complexity index is 362. The fraction of sp³-hybridized carbons (Fsp3) is 0.417. The van der Waals surface area contributed by atoms with Crippen LogP contribution in [0.2, 0.25) is 0 Å². The maximum atomic E-state index is 11.0. The minimum Gasteiger partial charge on any atom is -0.507 e. The molecule has 0 spiro atoms. The van der Waals surface area contributed by atoms with Gasteiger partial charge in [-0.15, -0.1) is 0 Å². The summed E-state index contributed by atoms with van der Waals surface area (Å²) in [4.78, 5) is 11.0. The van der Waals surface area contributed by atoms with Crippen molar-refractivity contribution in [1.82, 2.24) is 0 Å². The number of aromatic hydroxyl groups is 1. The van der Waals surface area contributed by atoms with Crippen molar-refractivity contribution in [3.63, 3.8) is 0 Å². The summed E-state index contributed by atoms with van der Waals surface area (Å²) < 4.78 is 0. The van der Waals surface area contributed by atoms with Gasteiger partial charge in [-0.2, -0.15) is 0 Å². The minimum absolute atomic E-state index is 0.0154. The summed E-state index contributed by atoms with van der Waals surface area (Å²) in [6.07, 6.45) is 0.525. The number of nitrogens with two attached hydrogens (primary N) is 1. The van der Waals surface area contributed by atoms with Crippen molar-refractivity contribution in [2.45, 2.75) is 33.2 Å². The second kappa shape index (κ2) is 4.45. The zero-order valence-corrected chi connectivity index (χ0v) is 9.37. The second-order valence-corrected chi connectivity index (χ2v) is 4.00. The first-order valence-corrected chi connectivity index (χ1v) is 4.97. The Hall–Kier alpha value is -1.35. The third-order valence-electron chi connectivity index (χ3n) is 2.53. The average molecular weight is 207 g/mol. The molecule has 3 nitrogen and oxygen atoms in total. The molecule has 1 atom stereocenters. The van der Waals surface area contributed by atoms with E-state index in [4.69, 9.17) is 5.73 Å². The Balaban J connectivity index is 2.92. The van der Waals surface area contributed by atoms with E-state index in [0.29, 0.717) is 12.2 Å². The molecular weight excluding hydrogens is 190 g/mol. The van der Waals surface area contributed by atoms with Gasteiger partial charge in [-0.1, -0.05) is 12.1 Å². The van der Waals surface area contributed by atoms with Crippen LogP contribution in [0.3, 0.4) is 0 Å². The topological polar surface area (TPSA) is 63.3 Å². The summed E-state index contributed by atoms with van der Waals surface area (Å²) in [5, 5.41) is 9.58. The predicted molar refractivity (Wildman–Crippen MR) is 59.9 cm³/mol.